The molecular weight excluding hydrogens is 1030 g/mol. The molecule has 0 fully saturated rings. The molecule has 0 aromatic rings. The maximum absolute atomic E-state index is 12.4. The molecule has 1 unspecified atom stereocenters. The van der Waals surface area contributed by atoms with Gasteiger partial charge in [0.05, 0.1) is 6.61 Å². The zero-order valence-electron chi connectivity index (χ0n) is 55.4. The number of unbranched alkanes of at least 4 members (excludes halogenated alkanes) is 38. The number of aliphatic hydroxyl groups is 1. The van der Waals surface area contributed by atoms with Crippen LogP contribution in [0.25, 0.3) is 0 Å². The fourth-order valence-electron chi connectivity index (χ4n) is 10.4. The summed E-state index contributed by atoms with van der Waals surface area (Å²) in [6, 6.07) is 0. The van der Waals surface area contributed by atoms with Crippen molar-refractivity contribution in [3.8, 4) is 0 Å². The highest BCUT2D eigenvalue weighted by Gasteiger charge is 2.16. The van der Waals surface area contributed by atoms with Crippen molar-refractivity contribution in [2.45, 2.75) is 354 Å². The SMILES string of the molecule is CC/C=C\C/C=C\C/C=C\C/C=C\C/C=C\C/C=C\C/C=C\C/C=C\CCCCCCCCCCCCCCC(=O)OC(CO)COC(=O)CCCCCCCCCCCCCCCCCCCCCCC/C=C\C/C=C\CCCCCCC. The molecule has 0 amide bonds. The molecule has 0 saturated carbocycles. The summed E-state index contributed by atoms with van der Waals surface area (Å²) in [5, 5.41) is 9.71. The van der Waals surface area contributed by atoms with E-state index >= 15 is 0 Å². The lowest BCUT2D eigenvalue weighted by Crippen LogP contribution is -2.28. The molecule has 1 N–H and O–H groups in total. The van der Waals surface area contributed by atoms with Gasteiger partial charge in [-0.3, -0.25) is 9.59 Å². The molecule has 0 heterocycles. The third kappa shape index (κ3) is 70.8. The molecule has 0 rings (SSSR count). The number of esters is 2. The normalized spacial score (nSPS) is 12.9. The lowest BCUT2D eigenvalue weighted by molar-refractivity contribution is -0.161. The molecule has 0 spiro atoms. The van der Waals surface area contributed by atoms with E-state index < -0.39 is 6.10 Å². The Morgan fingerprint density at radius 1 is 0.286 bits per heavy atom. The molecule has 0 aliphatic carbocycles. The van der Waals surface area contributed by atoms with Crippen molar-refractivity contribution in [2.24, 2.45) is 0 Å². The van der Waals surface area contributed by atoms with Crippen LogP contribution in [-0.2, 0) is 19.1 Å². The minimum absolute atomic E-state index is 0.0681. The van der Waals surface area contributed by atoms with E-state index in [-0.39, 0.29) is 25.2 Å². The van der Waals surface area contributed by atoms with Crippen LogP contribution in [0, 0.1) is 0 Å². The standard InChI is InChI=1S/C79H136O5/c1-3-5-7-9-11-13-15-17-19-21-23-25-27-29-31-33-35-37-38-39-40-42-44-46-48-50-52-54-56-58-60-62-64-66-68-70-72-74-79(82)84-77(75-80)76-83-78(81)73-71-69-67-65-63-61-59-57-55-53-51-49-47-45-43-41-36-34-32-30-28-26-24-22-20-18-16-14-12-10-8-6-4-2/h5,7,11,13,16-19,22-25,29,31,35,37,39-40,44,46,77,80H,3-4,6,8-10,12,14-15,20-21,26-28,30,32-34,36,38,41-43,45,47-76H2,1-2H3/b7-5-,13-11-,18-16-,19-17-,24-22-,25-23-,31-29-,37-35-,40-39-,46-44-. The highest BCUT2D eigenvalue weighted by molar-refractivity contribution is 5.70. The van der Waals surface area contributed by atoms with Crippen molar-refractivity contribution in [3.63, 3.8) is 0 Å². The first-order valence-corrected chi connectivity index (χ1v) is 36.1. The molecule has 0 radical (unpaired) electrons. The molecule has 0 aliphatic heterocycles. The minimum Gasteiger partial charge on any atom is -0.462 e. The van der Waals surface area contributed by atoms with Crippen LogP contribution in [0.4, 0.5) is 0 Å². The summed E-state index contributed by atoms with van der Waals surface area (Å²) in [6.07, 6.45) is 108. The smallest absolute Gasteiger partial charge is 0.306 e. The number of rotatable bonds is 66. The number of hydrogen-bond donors (Lipinski definition) is 1. The molecule has 482 valence electrons. The van der Waals surface area contributed by atoms with E-state index in [1.807, 2.05) is 0 Å². The van der Waals surface area contributed by atoms with Gasteiger partial charge in [-0.1, -0.05) is 347 Å². The van der Waals surface area contributed by atoms with Gasteiger partial charge in [0.1, 0.15) is 6.61 Å². The summed E-state index contributed by atoms with van der Waals surface area (Å²) in [7, 11) is 0. The van der Waals surface area contributed by atoms with Crippen molar-refractivity contribution in [2.75, 3.05) is 13.2 Å². The van der Waals surface area contributed by atoms with E-state index in [0.29, 0.717) is 12.8 Å². The molecule has 0 bridgehead atoms. The van der Waals surface area contributed by atoms with Gasteiger partial charge in [-0.05, 0) is 109 Å². The molecule has 5 heteroatoms. The number of carbonyl (C=O) groups is 2. The second-order valence-electron chi connectivity index (χ2n) is 23.9. The Morgan fingerprint density at radius 3 is 0.774 bits per heavy atom. The Bertz CT molecular complexity index is 1650. The monoisotopic (exact) mass is 1170 g/mol. The third-order valence-electron chi connectivity index (χ3n) is 15.7. The predicted octanol–water partition coefficient (Wildman–Crippen LogP) is 25.3. The van der Waals surface area contributed by atoms with Crippen molar-refractivity contribution in [1.29, 1.82) is 0 Å². The maximum Gasteiger partial charge on any atom is 0.306 e. The maximum atomic E-state index is 12.4. The van der Waals surface area contributed by atoms with Gasteiger partial charge in [0.15, 0.2) is 6.10 Å². The van der Waals surface area contributed by atoms with Gasteiger partial charge in [-0.2, -0.15) is 0 Å². The first kappa shape index (κ1) is 80.3. The lowest BCUT2D eigenvalue weighted by Gasteiger charge is -2.15. The Kier molecular flexibility index (Phi) is 70.3. The Labute approximate surface area is 522 Å². The molecule has 0 aliphatic rings. The first-order valence-electron chi connectivity index (χ1n) is 36.1. The van der Waals surface area contributed by atoms with Crippen molar-refractivity contribution in [1.82, 2.24) is 0 Å². The zero-order chi connectivity index (χ0) is 60.5. The van der Waals surface area contributed by atoms with Crippen molar-refractivity contribution in [3.05, 3.63) is 122 Å². The number of hydrogen-bond acceptors (Lipinski definition) is 5. The zero-order valence-corrected chi connectivity index (χ0v) is 55.4. The Morgan fingerprint density at radius 2 is 0.512 bits per heavy atom. The van der Waals surface area contributed by atoms with E-state index in [0.717, 1.165) is 96.3 Å². The molecule has 1 atom stereocenters. The average molecular weight is 1170 g/mol. The fourth-order valence-corrected chi connectivity index (χ4v) is 10.4. The number of aliphatic hydroxyl groups excluding tert-OH is 1. The predicted molar refractivity (Wildman–Crippen MR) is 371 cm³/mol. The second kappa shape index (κ2) is 73.6. The van der Waals surface area contributed by atoms with Crippen molar-refractivity contribution >= 4 is 11.9 Å². The van der Waals surface area contributed by atoms with Crippen LogP contribution in [-0.4, -0.2) is 36.4 Å². The Balaban J connectivity index is 3.48. The molecule has 5 nitrogen and oxygen atoms in total. The topological polar surface area (TPSA) is 72.8 Å². The van der Waals surface area contributed by atoms with E-state index in [4.69, 9.17) is 9.47 Å². The summed E-state index contributed by atoms with van der Waals surface area (Å²) in [6.45, 7) is 4.05. The van der Waals surface area contributed by atoms with E-state index in [9.17, 15) is 14.7 Å². The lowest BCUT2D eigenvalue weighted by atomic mass is 10.0. The molecule has 0 aromatic heterocycles. The first-order chi connectivity index (χ1) is 41.6. The highest BCUT2D eigenvalue weighted by Crippen LogP contribution is 2.18. The highest BCUT2D eigenvalue weighted by atomic mass is 16.6. The molecule has 0 saturated heterocycles. The van der Waals surface area contributed by atoms with Gasteiger partial charge < -0.3 is 14.6 Å². The average Bonchev–Trinajstić information content (AvgIpc) is 3.51. The van der Waals surface area contributed by atoms with Crippen LogP contribution >= 0.6 is 0 Å². The number of allylic oxidation sites excluding steroid dienone is 20. The van der Waals surface area contributed by atoms with E-state index in [1.165, 1.54) is 225 Å². The number of ether oxygens (including phenoxy) is 2. The second-order valence-corrected chi connectivity index (χ2v) is 23.9. The summed E-state index contributed by atoms with van der Waals surface area (Å²) in [5.74, 6) is -0.583. The summed E-state index contributed by atoms with van der Waals surface area (Å²) in [4.78, 5) is 24.7. The van der Waals surface area contributed by atoms with Crippen LogP contribution < -0.4 is 0 Å². The summed E-state index contributed by atoms with van der Waals surface area (Å²) in [5.41, 5.74) is 0. The molecule has 0 aromatic carbocycles. The molecular formula is C79H136O5. The largest absolute Gasteiger partial charge is 0.462 e. The van der Waals surface area contributed by atoms with Gasteiger partial charge in [-0.15, -0.1) is 0 Å². The van der Waals surface area contributed by atoms with Crippen LogP contribution in [0.2, 0.25) is 0 Å². The quantitative estimate of drug-likeness (QED) is 0.0373. The fraction of sp³-hybridized carbons (Fsp3) is 0.722. The van der Waals surface area contributed by atoms with Crippen LogP contribution in [0.3, 0.4) is 0 Å². The van der Waals surface area contributed by atoms with Crippen LogP contribution in [0.15, 0.2) is 122 Å². The summed E-state index contributed by atoms with van der Waals surface area (Å²) < 4.78 is 10.8. The van der Waals surface area contributed by atoms with Crippen LogP contribution in [0.5, 0.6) is 0 Å². The third-order valence-corrected chi connectivity index (χ3v) is 15.7. The van der Waals surface area contributed by atoms with Gasteiger partial charge in [0.25, 0.3) is 0 Å². The van der Waals surface area contributed by atoms with Crippen LogP contribution in [0.1, 0.15) is 348 Å². The molecule has 84 heavy (non-hydrogen) atoms. The van der Waals surface area contributed by atoms with Gasteiger partial charge >= 0.3 is 11.9 Å². The van der Waals surface area contributed by atoms with Crippen molar-refractivity contribution < 1.29 is 24.2 Å². The Hall–Kier alpha value is -3.70. The number of carbonyl (C=O) groups excluding carboxylic acids is 2. The summed E-state index contributed by atoms with van der Waals surface area (Å²) >= 11 is 0. The van der Waals surface area contributed by atoms with E-state index in [1.54, 1.807) is 0 Å². The van der Waals surface area contributed by atoms with E-state index in [2.05, 4.69) is 135 Å². The van der Waals surface area contributed by atoms with Gasteiger partial charge in [0.2, 0.25) is 0 Å². The van der Waals surface area contributed by atoms with Gasteiger partial charge in [0, 0.05) is 12.8 Å². The minimum atomic E-state index is -0.780. The van der Waals surface area contributed by atoms with Gasteiger partial charge in [-0.25, -0.2) is 0 Å².